The van der Waals surface area contributed by atoms with Crippen molar-refractivity contribution in [2.45, 2.75) is 12.7 Å². The molecule has 0 saturated carbocycles. The van der Waals surface area contributed by atoms with E-state index in [1.165, 1.54) is 24.4 Å². The number of carbonyl (C=O) groups is 1. The van der Waals surface area contributed by atoms with Crippen molar-refractivity contribution in [3.05, 3.63) is 51.9 Å². The van der Waals surface area contributed by atoms with Gasteiger partial charge in [0.25, 0.3) is 5.91 Å². The number of pyridine rings is 1. The summed E-state index contributed by atoms with van der Waals surface area (Å²) >= 11 is 3.09. The van der Waals surface area contributed by atoms with Crippen molar-refractivity contribution in [1.29, 1.82) is 0 Å². The molecule has 134 valence electrons. The minimum atomic E-state index is -4.51. The zero-order chi connectivity index (χ0) is 18.6. The number of primary amides is 1. The van der Waals surface area contributed by atoms with Crippen LogP contribution in [0.2, 0.25) is 0 Å². The number of amides is 1. The third kappa shape index (κ3) is 5.31. The number of anilines is 1. The molecule has 5 nitrogen and oxygen atoms in total. The van der Waals surface area contributed by atoms with Crippen LogP contribution in [-0.2, 0) is 6.54 Å². The molecule has 0 aliphatic rings. The Kier molecular flexibility index (Phi) is 5.83. The summed E-state index contributed by atoms with van der Waals surface area (Å²) in [4.78, 5) is 15.2. The molecule has 1 aromatic carbocycles. The molecule has 1 aromatic heterocycles. The summed E-state index contributed by atoms with van der Waals surface area (Å²) in [6, 6.07) is 5.50. The number of nitrogens with two attached hydrogens (primary N) is 1. The number of alkyl halides is 3. The number of rotatable bonds is 6. The van der Waals surface area contributed by atoms with Crippen LogP contribution in [-0.4, -0.2) is 23.7 Å². The normalized spacial score (nSPS) is 11.2. The lowest BCUT2D eigenvalue weighted by atomic mass is 10.1. The number of carbonyl (C=O) groups excluding carboxylic acids is 1. The van der Waals surface area contributed by atoms with Crippen molar-refractivity contribution in [3.8, 4) is 5.88 Å². The summed E-state index contributed by atoms with van der Waals surface area (Å²) in [6.07, 6.45) is -3.22. The Hall–Kier alpha value is -2.36. The van der Waals surface area contributed by atoms with Gasteiger partial charge in [0.1, 0.15) is 5.82 Å². The number of hydrogen-bond acceptors (Lipinski definition) is 4. The Morgan fingerprint density at radius 1 is 1.36 bits per heavy atom. The Morgan fingerprint density at radius 2 is 2.08 bits per heavy atom. The number of aromatic nitrogens is 1. The number of nitrogens with one attached hydrogen (secondary N) is 1. The summed E-state index contributed by atoms with van der Waals surface area (Å²) in [6.45, 7) is -1.55. The van der Waals surface area contributed by atoms with Gasteiger partial charge in [0, 0.05) is 22.8 Å². The molecular formula is C15H12BrF4N3O2. The molecule has 0 unspecified atom stereocenters. The maximum absolute atomic E-state index is 13.9. The molecule has 2 rings (SSSR count). The molecule has 10 heteroatoms. The summed E-state index contributed by atoms with van der Waals surface area (Å²) < 4.78 is 55.8. The van der Waals surface area contributed by atoms with Gasteiger partial charge in [-0.1, -0.05) is 22.0 Å². The maximum atomic E-state index is 13.9. The third-order valence-electron chi connectivity index (χ3n) is 2.99. The molecule has 0 saturated heterocycles. The van der Waals surface area contributed by atoms with Crippen molar-refractivity contribution in [2.75, 3.05) is 11.9 Å². The quantitative estimate of drug-likeness (QED) is 0.698. The van der Waals surface area contributed by atoms with E-state index in [0.717, 1.165) is 6.07 Å². The van der Waals surface area contributed by atoms with E-state index in [1.54, 1.807) is 0 Å². The summed E-state index contributed by atoms with van der Waals surface area (Å²) in [5.41, 5.74) is 5.19. The van der Waals surface area contributed by atoms with Gasteiger partial charge in [-0.3, -0.25) is 4.79 Å². The molecule has 3 N–H and O–H groups in total. The highest BCUT2D eigenvalue weighted by molar-refractivity contribution is 9.10. The van der Waals surface area contributed by atoms with Crippen LogP contribution in [0.4, 0.5) is 23.2 Å². The molecule has 1 heterocycles. The first kappa shape index (κ1) is 19.0. The van der Waals surface area contributed by atoms with Gasteiger partial charge in [-0.05, 0) is 18.2 Å². The van der Waals surface area contributed by atoms with E-state index < -0.39 is 24.5 Å². The van der Waals surface area contributed by atoms with Crippen LogP contribution in [0.5, 0.6) is 5.88 Å². The molecule has 2 aromatic rings. The number of hydrogen-bond donors (Lipinski definition) is 2. The van der Waals surface area contributed by atoms with E-state index >= 15 is 0 Å². The fourth-order valence-corrected chi connectivity index (χ4v) is 2.42. The van der Waals surface area contributed by atoms with E-state index in [1.807, 2.05) is 0 Å². The molecule has 0 atom stereocenters. The fraction of sp³-hybridized carbons (Fsp3) is 0.200. The van der Waals surface area contributed by atoms with Gasteiger partial charge >= 0.3 is 6.18 Å². The number of benzene rings is 1. The molecule has 0 aliphatic carbocycles. The summed E-state index contributed by atoms with van der Waals surface area (Å²) in [5.74, 6) is -2.03. The fourth-order valence-electron chi connectivity index (χ4n) is 1.99. The zero-order valence-corrected chi connectivity index (χ0v) is 14.1. The molecule has 0 aliphatic heterocycles. The molecule has 0 spiro atoms. The van der Waals surface area contributed by atoms with Gasteiger partial charge in [0.2, 0.25) is 5.88 Å². The van der Waals surface area contributed by atoms with Crippen LogP contribution in [0, 0.1) is 5.82 Å². The van der Waals surface area contributed by atoms with Crippen LogP contribution in [0.3, 0.4) is 0 Å². The van der Waals surface area contributed by atoms with Gasteiger partial charge in [-0.15, -0.1) is 0 Å². The van der Waals surface area contributed by atoms with Crippen LogP contribution in [0.25, 0.3) is 0 Å². The van der Waals surface area contributed by atoms with E-state index in [-0.39, 0.29) is 23.7 Å². The minimum absolute atomic E-state index is 0.0583. The lowest BCUT2D eigenvalue weighted by Crippen LogP contribution is -2.20. The minimum Gasteiger partial charge on any atom is -0.468 e. The molecule has 25 heavy (non-hydrogen) atoms. The third-order valence-corrected chi connectivity index (χ3v) is 3.45. The first-order chi connectivity index (χ1) is 11.7. The molecule has 0 fully saturated rings. The van der Waals surface area contributed by atoms with E-state index in [0.29, 0.717) is 10.0 Å². The van der Waals surface area contributed by atoms with Gasteiger partial charge in [0.05, 0.1) is 11.3 Å². The molecule has 0 radical (unpaired) electrons. The highest BCUT2D eigenvalue weighted by Gasteiger charge is 2.29. The lowest BCUT2D eigenvalue weighted by molar-refractivity contribution is -0.154. The molecular weight excluding hydrogens is 410 g/mol. The Morgan fingerprint density at radius 3 is 2.72 bits per heavy atom. The maximum Gasteiger partial charge on any atom is 0.422 e. The highest BCUT2D eigenvalue weighted by Crippen LogP contribution is 2.26. The first-order valence-corrected chi connectivity index (χ1v) is 7.63. The van der Waals surface area contributed by atoms with Crippen LogP contribution < -0.4 is 15.8 Å². The summed E-state index contributed by atoms with van der Waals surface area (Å²) in [5, 5.41) is 2.76. The SMILES string of the molecule is NC(=O)c1c(F)cc(Br)cc1NCc1cccnc1OCC(F)(F)F. The van der Waals surface area contributed by atoms with Crippen molar-refractivity contribution >= 4 is 27.5 Å². The number of nitrogens with zero attached hydrogens (tertiary/aromatic N) is 1. The van der Waals surface area contributed by atoms with Crippen LogP contribution in [0.1, 0.15) is 15.9 Å². The predicted octanol–water partition coefficient (Wildman–Crippen LogP) is 3.64. The standard InChI is InChI=1S/C15H12BrF4N3O2/c16-9-4-10(17)12(13(21)24)11(5-9)23-6-8-2-1-3-22-14(8)25-7-15(18,19)20/h1-5,23H,6-7H2,(H2,21,24). The second-order valence-electron chi connectivity index (χ2n) is 4.90. The second-order valence-corrected chi connectivity index (χ2v) is 5.82. The Labute approximate surface area is 148 Å². The first-order valence-electron chi connectivity index (χ1n) is 6.83. The van der Waals surface area contributed by atoms with Crippen molar-refractivity contribution in [1.82, 2.24) is 4.98 Å². The van der Waals surface area contributed by atoms with E-state index in [9.17, 15) is 22.4 Å². The van der Waals surface area contributed by atoms with Crippen LogP contribution >= 0.6 is 15.9 Å². The van der Waals surface area contributed by atoms with E-state index in [4.69, 9.17) is 5.73 Å². The highest BCUT2D eigenvalue weighted by atomic mass is 79.9. The van der Waals surface area contributed by atoms with Gasteiger partial charge in [-0.25, -0.2) is 9.37 Å². The second kappa shape index (κ2) is 7.68. The zero-order valence-electron chi connectivity index (χ0n) is 12.5. The summed E-state index contributed by atoms with van der Waals surface area (Å²) in [7, 11) is 0. The van der Waals surface area contributed by atoms with E-state index in [2.05, 4.69) is 31.0 Å². The number of ether oxygens (including phenoxy) is 1. The monoisotopic (exact) mass is 421 g/mol. The predicted molar refractivity (Wildman–Crippen MR) is 85.7 cm³/mol. The average molecular weight is 422 g/mol. The Bertz CT molecular complexity index is 784. The van der Waals surface area contributed by atoms with Crippen molar-refractivity contribution < 1.29 is 27.1 Å². The molecule has 1 amide bonds. The van der Waals surface area contributed by atoms with Gasteiger partial charge in [-0.2, -0.15) is 13.2 Å². The largest absolute Gasteiger partial charge is 0.468 e. The van der Waals surface area contributed by atoms with Gasteiger partial charge < -0.3 is 15.8 Å². The lowest BCUT2D eigenvalue weighted by Gasteiger charge is -2.14. The van der Waals surface area contributed by atoms with Crippen molar-refractivity contribution in [2.24, 2.45) is 5.73 Å². The molecule has 0 bridgehead atoms. The topological polar surface area (TPSA) is 77.2 Å². The van der Waals surface area contributed by atoms with Crippen LogP contribution in [0.15, 0.2) is 34.9 Å². The number of halogens is 5. The van der Waals surface area contributed by atoms with Crippen molar-refractivity contribution in [3.63, 3.8) is 0 Å². The Balaban J connectivity index is 2.21. The van der Waals surface area contributed by atoms with Gasteiger partial charge in [0.15, 0.2) is 6.61 Å². The smallest absolute Gasteiger partial charge is 0.422 e. The average Bonchev–Trinajstić information content (AvgIpc) is 2.49.